The van der Waals surface area contributed by atoms with Gasteiger partial charge in [-0.25, -0.2) is 0 Å². The van der Waals surface area contributed by atoms with Crippen molar-refractivity contribution in [3.8, 4) is 0 Å². The molecule has 1 aromatic carbocycles. The molecule has 2 unspecified atom stereocenters. The first kappa shape index (κ1) is 19.0. The maximum Gasteiger partial charge on any atom is 0.405 e. The molecule has 0 aromatic heterocycles. The Balaban J connectivity index is 3.04. The molecule has 0 radical (unpaired) electrons. The number of ether oxygens (including phenoxy) is 2. The van der Waals surface area contributed by atoms with Gasteiger partial charge in [0.25, 0.3) is 0 Å². The van der Waals surface area contributed by atoms with Gasteiger partial charge < -0.3 is 14.8 Å². The standard InChI is InChI=1S/C15H18F3NO4/c1-22-11(20)8-9-19-13(15(16,17)18)12(14(21)23-2)10-6-4-3-5-7-10/h3-7,12-13,19H,8-9H2,1-2H3. The average Bonchev–Trinajstić information content (AvgIpc) is 2.53. The Morgan fingerprint density at radius 3 is 2.22 bits per heavy atom. The zero-order valence-electron chi connectivity index (χ0n) is 12.7. The fourth-order valence-electron chi connectivity index (χ4n) is 2.11. The third kappa shape index (κ3) is 5.55. The highest BCUT2D eigenvalue weighted by molar-refractivity contribution is 5.79. The van der Waals surface area contributed by atoms with Crippen LogP contribution in [-0.2, 0) is 19.1 Å². The molecule has 0 saturated carbocycles. The molecule has 0 saturated heterocycles. The number of methoxy groups -OCH3 is 2. The normalized spacial score (nSPS) is 14.0. The fourth-order valence-corrected chi connectivity index (χ4v) is 2.11. The number of rotatable bonds is 7. The molecule has 1 aromatic rings. The second-order valence-corrected chi connectivity index (χ2v) is 4.71. The van der Waals surface area contributed by atoms with Crippen LogP contribution in [0.2, 0.25) is 0 Å². The van der Waals surface area contributed by atoms with Crippen LogP contribution in [0.25, 0.3) is 0 Å². The number of hydrogen-bond donors (Lipinski definition) is 1. The molecule has 0 fully saturated rings. The van der Waals surface area contributed by atoms with Crippen molar-refractivity contribution in [1.29, 1.82) is 0 Å². The Bertz CT molecular complexity index is 519. The first-order valence-electron chi connectivity index (χ1n) is 6.81. The molecular formula is C15H18F3NO4. The zero-order valence-corrected chi connectivity index (χ0v) is 12.7. The van der Waals surface area contributed by atoms with Crippen molar-refractivity contribution in [3.05, 3.63) is 35.9 Å². The summed E-state index contributed by atoms with van der Waals surface area (Å²) in [6.07, 6.45) is -4.95. The van der Waals surface area contributed by atoms with E-state index in [1.807, 2.05) is 0 Å². The lowest BCUT2D eigenvalue weighted by atomic mass is 9.90. The molecule has 0 aliphatic heterocycles. The Hall–Kier alpha value is -2.09. The number of carbonyl (C=O) groups excluding carboxylic acids is 2. The maximum absolute atomic E-state index is 13.4. The topological polar surface area (TPSA) is 64.6 Å². The van der Waals surface area contributed by atoms with E-state index in [-0.39, 0.29) is 18.5 Å². The van der Waals surface area contributed by atoms with Crippen molar-refractivity contribution in [2.24, 2.45) is 0 Å². The summed E-state index contributed by atoms with van der Waals surface area (Å²) >= 11 is 0. The van der Waals surface area contributed by atoms with Crippen LogP contribution >= 0.6 is 0 Å². The second-order valence-electron chi connectivity index (χ2n) is 4.71. The van der Waals surface area contributed by atoms with E-state index in [1.165, 1.54) is 24.3 Å². The average molecular weight is 333 g/mol. The molecule has 0 bridgehead atoms. The highest BCUT2D eigenvalue weighted by Crippen LogP contribution is 2.32. The van der Waals surface area contributed by atoms with Gasteiger partial charge in [0.15, 0.2) is 0 Å². The number of nitrogens with one attached hydrogen (secondary N) is 1. The second kappa shape index (κ2) is 8.52. The summed E-state index contributed by atoms with van der Waals surface area (Å²) in [4.78, 5) is 22.9. The van der Waals surface area contributed by atoms with E-state index >= 15 is 0 Å². The minimum Gasteiger partial charge on any atom is -0.469 e. The third-order valence-corrected chi connectivity index (χ3v) is 3.22. The van der Waals surface area contributed by atoms with E-state index in [2.05, 4.69) is 14.8 Å². The SMILES string of the molecule is COC(=O)CCNC(C(C(=O)OC)c1ccccc1)C(F)(F)F. The zero-order chi connectivity index (χ0) is 17.5. The predicted octanol–water partition coefficient (Wildman–Crippen LogP) is 2.03. The summed E-state index contributed by atoms with van der Waals surface area (Å²) in [6, 6.07) is 5.36. The monoisotopic (exact) mass is 333 g/mol. The number of carbonyl (C=O) groups is 2. The van der Waals surface area contributed by atoms with Crippen LogP contribution in [0.4, 0.5) is 13.2 Å². The van der Waals surface area contributed by atoms with Gasteiger partial charge in [-0.15, -0.1) is 0 Å². The quantitative estimate of drug-likeness (QED) is 0.774. The first-order chi connectivity index (χ1) is 10.8. The maximum atomic E-state index is 13.4. The minimum absolute atomic E-state index is 0.173. The summed E-state index contributed by atoms with van der Waals surface area (Å²) < 4.78 is 49.0. The van der Waals surface area contributed by atoms with Crippen LogP contribution in [0.15, 0.2) is 30.3 Å². The van der Waals surface area contributed by atoms with E-state index in [1.54, 1.807) is 6.07 Å². The van der Waals surface area contributed by atoms with Crippen LogP contribution < -0.4 is 5.32 Å². The molecular weight excluding hydrogens is 315 g/mol. The number of benzene rings is 1. The highest BCUT2D eigenvalue weighted by Gasteiger charge is 2.48. The number of halogens is 3. The first-order valence-corrected chi connectivity index (χ1v) is 6.81. The van der Waals surface area contributed by atoms with Gasteiger partial charge in [0.1, 0.15) is 12.0 Å². The number of hydrogen-bond acceptors (Lipinski definition) is 5. The van der Waals surface area contributed by atoms with Gasteiger partial charge in [0.2, 0.25) is 0 Å². The summed E-state index contributed by atoms with van der Waals surface area (Å²) in [5.74, 6) is -3.23. The molecule has 2 atom stereocenters. The molecule has 0 aliphatic rings. The molecule has 0 heterocycles. The van der Waals surface area contributed by atoms with E-state index in [0.717, 1.165) is 14.2 Å². The summed E-state index contributed by atoms with van der Waals surface area (Å²) in [7, 11) is 2.17. The minimum atomic E-state index is -4.70. The molecule has 128 valence electrons. The van der Waals surface area contributed by atoms with E-state index in [0.29, 0.717) is 0 Å². The van der Waals surface area contributed by atoms with Crippen LogP contribution in [0.3, 0.4) is 0 Å². The summed E-state index contributed by atoms with van der Waals surface area (Å²) in [5.41, 5.74) is 0.173. The Morgan fingerprint density at radius 2 is 1.74 bits per heavy atom. The molecule has 1 N–H and O–H groups in total. The largest absolute Gasteiger partial charge is 0.469 e. The molecule has 23 heavy (non-hydrogen) atoms. The van der Waals surface area contributed by atoms with Gasteiger partial charge in [-0.05, 0) is 5.56 Å². The number of esters is 2. The summed E-state index contributed by atoms with van der Waals surface area (Å²) in [6.45, 7) is -0.281. The van der Waals surface area contributed by atoms with Gasteiger partial charge in [0.05, 0.1) is 20.6 Å². The van der Waals surface area contributed by atoms with Crippen LogP contribution in [-0.4, -0.2) is 44.9 Å². The lowest BCUT2D eigenvalue weighted by molar-refractivity contribution is -0.173. The van der Waals surface area contributed by atoms with Gasteiger partial charge >= 0.3 is 18.1 Å². The molecule has 5 nitrogen and oxygen atoms in total. The van der Waals surface area contributed by atoms with Crippen LogP contribution in [0.5, 0.6) is 0 Å². The fraction of sp³-hybridized carbons (Fsp3) is 0.467. The number of alkyl halides is 3. The lowest BCUT2D eigenvalue weighted by Crippen LogP contribution is -2.49. The van der Waals surface area contributed by atoms with Crippen molar-refractivity contribution in [2.75, 3.05) is 20.8 Å². The summed E-state index contributed by atoms with van der Waals surface area (Å²) in [5, 5.41) is 2.21. The van der Waals surface area contributed by atoms with E-state index in [9.17, 15) is 22.8 Å². The van der Waals surface area contributed by atoms with Crippen molar-refractivity contribution < 1.29 is 32.2 Å². The van der Waals surface area contributed by atoms with Gasteiger partial charge in [-0.3, -0.25) is 9.59 Å². The Labute approximate surface area is 131 Å². The highest BCUT2D eigenvalue weighted by atomic mass is 19.4. The van der Waals surface area contributed by atoms with Crippen LogP contribution in [0, 0.1) is 0 Å². The van der Waals surface area contributed by atoms with Crippen molar-refractivity contribution in [2.45, 2.75) is 24.6 Å². The third-order valence-electron chi connectivity index (χ3n) is 3.22. The smallest absolute Gasteiger partial charge is 0.405 e. The van der Waals surface area contributed by atoms with Crippen molar-refractivity contribution in [3.63, 3.8) is 0 Å². The molecule has 8 heteroatoms. The van der Waals surface area contributed by atoms with E-state index < -0.39 is 30.1 Å². The van der Waals surface area contributed by atoms with Crippen molar-refractivity contribution in [1.82, 2.24) is 5.32 Å². The van der Waals surface area contributed by atoms with Gasteiger partial charge in [-0.2, -0.15) is 13.2 Å². The Morgan fingerprint density at radius 1 is 1.13 bits per heavy atom. The van der Waals surface area contributed by atoms with Crippen molar-refractivity contribution >= 4 is 11.9 Å². The molecule has 1 rings (SSSR count). The molecule has 0 amide bonds. The molecule has 0 spiro atoms. The predicted molar refractivity (Wildman–Crippen MR) is 75.7 cm³/mol. The molecule has 0 aliphatic carbocycles. The Kier molecular flexibility index (Phi) is 7.02. The van der Waals surface area contributed by atoms with E-state index in [4.69, 9.17) is 0 Å². The lowest BCUT2D eigenvalue weighted by Gasteiger charge is -2.28. The van der Waals surface area contributed by atoms with Crippen LogP contribution in [0.1, 0.15) is 17.9 Å². The van der Waals surface area contributed by atoms with Gasteiger partial charge in [0, 0.05) is 6.54 Å². The van der Waals surface area contributed by atoms with Gasteiger partial charge in [-0.1, -0.05) is 30.3 Å².